The first kappa shape index (κ1) is 23.9. The number of amides is 1. The van der Waals surface area contributed by atoms with Crippen LogP contribution in [0.25, 0.3) is 12.2 Å². The van der Waals surface area contributed by atoms with E-state index in [0.717, 1.165) is 38.9 Å². The number of aromatic amines is 1. The molecule has 0 spiro atoms. The van der Waals surface area contributed by atoms with Crippen LogP contribution < -0.4 is 10.6 Å². The molecule has 0 saturated heterocycles. The molecular weight excluding hydrogens is 418 g/mol. The molecule has 0 saturated carbocycles. The summed E-state index contributed by atoms with van der Waals surface area (Å²) in [7, 11) is 1.38. The zero-order valence-corrected chi connectivity index (χ0v) is 19.5. The summed E-state index contributed by atoms with van der Waals surface area (Å²) in [5, 5.41) is 29.8. The maximum absolute atomic E-state index is 11.5. The van der Waals surface area contributed by atoms with Gasteiger partial charge in [0.15, 0.2) is 0 Å². The van der Waals surface area contributed by atoms with Gasteiger partial charge in [-0.05, 0) is 44.4 Å². The Morgan fingerprint density at radius 2 is 2.15 bits per heavy atom. The Bertz CT molecular complexity index is 1120. The molecule has 2 aliphatic rings. The monoisotopic (exact) mass is 449 g/mol. The molecule has 1 amide bonds. The highest BCUT2D eigenvalue weighted by Gasteiger charge is 2.48. The SMILES string of the molecule is C=Cc1[nH]c2c(c1C=C)C[C@H](C1=NC(C)=CNC1)NC2(/C(C=N)=C/C)/C(C)=N/N(C)C(=O)O. The van der Waals surface area contributed by atoms with Crippen molar-refractivity contribution >= 4 is 35.9 Å². The van der Waals surface area contributed by atoms with E-state index >= 15 is 0 Å². The number of fused-ring (bicyclic) bond motifs is 1. The van der Waals surface area contributed by atoms with Crippen molar-refractivity contribution in [2.45, 2.75) is 38.8 Å². The number of allylic oxidation sites excluding steroid dienone is 2. The highest BCUT2D eigenvalue weighted by atomic mass is 16.4. The molecule has 0 radical (unpaired) electrons. The van der Waals surface area contributed by atoms with Gasteiger partial charge < -0.3 is 20.8 Å². The average Bonchev–Trinajstić information content (AvgIpc) is 3.17. The fourth-order valence-electron chi connectivity index (χ4n) is 4.57. The van der Waals surface area contributed by atoms with E-state index in [9.17, 15) is 9.90 Å². The van der Waals surface area contributed by atoms with E-state index in [1.54, 1.807) is 19.1 Å². The molecule has 3 rings (SSSR count). The quantitative estimate of drug-likeness (QED) is 0.322. The van der Waals surface area contributed by atoms with Gasteiger partial charge in [-0.3, -0.25) is 10.3 Å². The molecule has 0 aromatic carbocycles. The molecule has 174 valence electrons. The van der Waals surface area contributed by atoms with Crippen LogP contribution >= 0.6 is 0 Å². The topological polar surface area (TPSA) is 129 Å². The molecule has 9 heteroatoms. The average molecular weight is 450 g/mol. The third-order valence-electron chi connectivity index (χ3n) is 6.09. The number of nitrogens with zero attached hydrogens (tertiary/aromatic N) is 3. The predicted octanol–water partition coefficient (Wildman–Crippen LogP) is 3.50. The largest absolute Gasteiger partial charge is 0.464 e. The Morgan fingerprint density at radius 3 is 2.70 bits per heavy atom. The maximum atomic E-state index is 11.5. The fraction of sp³-hybridized carbons (Fsp3) is 0.333. The lowest BCUT2D eigenvalue weighted by Crippen LogP contribution is -2.61. The number of hydrogen-bond acceptors (Lipinski definition) is 6. The van der Waals surface area contributed by atoms with E-state index in [2.05, 4.69) is 33.9 Å². The zero-order valence-electron chi connectivity index (χ0n) is 19.5. The Hall–Kier alpha value is -3.72. The van der Waals surface area contributed by atoms with Crippen LogP contribution in [0, 0.1) is 5.41 Å². The minimum absolute atomic E-state index is 0.198. The van der Waals surface area contributed by atoms with Gasteiger partial charge in [0.25, 0.3) is 0 Å². The fourth-order valence-corrected chi connectivity index (χ4v) is 4.57. The molecule has 2 aliphatic heterocycles. The number of hydrazone groups is 1. The standard InChI is InChI=1S/C24H31N7O2/c1-7-16(11-25)24(15(5)30-31(6)23(32)33)22-18(17(8-2)19(9-3)28-22)10-20(29-24)21-13-26-12-14(4)27-21/h7-9,11-12,20,25-26,28-29H,2-3,10,13H2,1,4-6H3,(H,32,33)/b16-7+,25-11?,30-15+/t20-,24?/m1/s1. The van der Waals surface area contributed by atoms with Gasteiger partial charge in [-0.25, -0.2) is 9.80 Å². The molecule has 1 unspecified atom stereocenters. The molecule has 9 nitrogen and oxygen atoms in total. The number of nitrogens with one attached hydrogen (secondary N) is 4. The van der Waals surface area contributed by atoms with E-state index < -0.39 is 11.6 Å². The van der Waals surface area contributed by atoms with E-state index in [1.165, 1.54) is 13.3 Å². The molecular formula is C24H31N7O2. The molecule has 0 bridgehead atoms. The number of aliphatic imine (C=N–C) groups is 1. The van der Waals surface area contributed by atoms with Crippen LogP contribution in [0.5, 0.6) is 0 Å². The summed E-state index contributed by atoms with van der Waals surface area (Å²) >= 11 is 0. The van der Waals surface area contributed by atoms with Crippen molar-refractivity contribution in [2.75, 3.05) is 13.6 Å². The van der Waals surface area contributed by atoms with Crippen LogP contribution in [0.2, 0.25) is 0 Å². The van der Waals surface area contributed by atoms with Crippen molar-refractivity contribution in [3.63, 3.8) is 0 Å². The second kappa shape index (κ2) is 9.41. The van der Waals surface area contributed by atoms with Gasteiger partial charge in [-0.1, -0.05) is 25.3 Å². The van der Waals surface area contributed by atoms with Crippen molar-refractivity contribution < 1.29 is 9.90 Å². The van der Waals surface area contributed by atoms with Gasteiger partial charge in [0.05, 0.1) is 35.4 Å². The summed E-state index contributed by atoms with van der Waals surface area (Å²) in [5.41, 5.74) is 5.32. The third-order valence-corrected chi connectivity index (χ3v) is 6.09. The minimum atomic E-state index is -1.18. The van der Waals surface area contributed by atoms with Crippen molar-refractivity contribution in [3.8, 4) is 0 Å². The zero-order chi connectivity index (χ0) is 24.3. The summed E-state index contributed by atoms with van der Waals surface area (Å²) in [6.07, 6.45) is 7.95. The first-order valence-electron chi connectivity index (χ1n) is 10.7. The second-order valence-electron chi connectivity index (χ2n) is 8.01. The highest BCUT2D eigenvalue weighted by Crippen LogP contribution is 2.40. The van der Waals surface area contributed by atoms with Gasteiger partial charge >= 0.3 is 6.09 Å². The molecule has 5 N–H and O–H groups in total. The molecule has 2 atom stereocenters. The molecule has 0 aliphatic carbocycles. The number of rotatable bonds is 7. The molecule has 3 heterocycles. The summed E-state index contributed by atoms with van der Waals surface area (Å²) in [6, 6.07) is -0.198. The first-order valence-corrected chi connectivity index (χ1v) is 10.7. The lowest BCUT2D eigenvalue weighted by Gasteiger charge is -2.44. The lowest BCUT2D eigenvalue weighted by atomic mass is 9.74. The van der Waals surface area contributed by atoms with Crippen LogP contribution in [0.15, 0.2) is 46.8 Å². The third kappa shape index (κ3) is 4.07. The van der Waals surface area contributed by atoms with Crippen molar-refractivity contribution in [1.29, 1.82) is 5.41 Å². The van der Waals surface area contributed by atoms with E-state index in [4.69, 9.17) is 10.4 Å². The van der Waals surface area contributed by atoms with Crippen molar-refractivity contribution in [3.05, 3.63) is 59.2 Å². The Morgan fingerprint density at radius 1 is 1.42 bits per heavy atom. The van der Waals surface area contributed by atoms with Gasteiger partial charge in [-0.2, -0.15) is 5.10 Å². The van der Waals surface area contributed by atoms with Crippen LogP contribution in [0.1, 0.15) is 43.3 Å². The molecule has 1 aromatic heterocycles. The van der Waals surface area contributed by atoms with Gasteiger partial charge in [0.1, 0.15) is 5.54 Å². The first-order chi connectivity index (χ1) is 15.7. The second-order valence-corrected chi connectivity index (χ2v) is 8.01. The number of carboxylic acid groups (broad SMARTS) is 1. The Balaban J connectivity index is 2.36. The number of H-pyrrole nitrogens is 1. The number of aromatic nitrogens is 1. The van der Waals surface area contributed by atoms with Crippen molar-refractivity contribution in [1.82, 2.24) is 20.6 Å². The van der Waals surface area contributed by atoms with Crippen LogP contribution in [0.3, 0.4) is 0 Å². The highest BCUT2D eigenvalue weighted by molar-refractivity contribution is 6.04. The van der Waals surface area contributed by atoms with Crippen molar-refractivity contribution in [2.24, 2.45) is 10.1 Å². The lowest BCUT2D eigenvalue weighted by molar-refractivity contribution is 0.157. The van der Waals surface area contributed by atoms with Crippen LogP contribution in [-0.4, -0.2) is 58.5 Å². The number of hydrogen-bond donors (Lipinski definition) is 5. The Kier molecular flexibility index (Phi) is 6.83. The van der Waals surface area contributed by atoms with E-state index in [-0.39, 0.29) is 6.04 Å². The van der Waals surface area contributed by atoms with Crippen LogP contribution in [0.4, 0.5) is 4.79 Å². The number of carbonyl (C=O) groups is 1. The summed E-state index contributed by atoms with van der Waals surface area (Å²) < 4.78 is 0. The smallest absolute Gasteiger partial charge is 0.427 e. The predicted molar refractivity (Wildman–Crippen MR) is 134 cm³/mol. The van der Waals surface area contributed by atoms with E-state index in [1.807, 2.05) is 26.1 Å². The van der Waals surface area contributed by atoms with E-state index in [0.29, 0.717) is 24.3 Å². The summed E-state index contributed by atoms with van der Waals surface area (Å²) in [6.45, 7) is 14.1. The molecule has 0 fully saturated rings. The van der Waals surface area contributed by atoms with Gasteiger partial charge in [0, 0.05) is 30.7 Å². The van der Waals surface area contributed by atoms with Crippen LogP contribution in [-0.2, 0) is 12.0 Å². The summed E-state index contributed by atoms with van der Waals surface area (Å²) in [4.78, 5) is 19.8. The van der Waals surface area contributed by atoms with Gasteiger partial charge in [-0.15, -0.1) is 0 Å². The maximum Gasteiger partial charge on any atom is 0.427 e. The summed E-state index contributed by atoms with van der Waals surface area (Å²) in [5.74, 6) is 0. The molecule has 33 heavy (non-hydrogen) atoms. The van der Waals surface area contributed by atoms with Gasteiger partial charge in [0.2, 0.25) is 0 Å². The molecule has 1 aromatic rings. The normalized spacial score (nSPS) is 23.0. The Labute approximate surface area is 193 Å². The minimum Gasteiger partial charge on any atom is -0.464 e.